The first kappa shape index (κ1) is 16.5. The zero-order valence-electron chi connectivity index (χ0n) is 14.0. The number of hydrogen-bond acceptors (Lipinski definition) is 4. The number of nitrogens with two attached hydrogens (primary N) is 1. The van der Waals surface area contributed by atoms with E-state index in [1.165, 1.54) is 37.8 Å². The first-order valence-electron chi connectivity index (χ1n) is 8.20. The van der Waals surface area contributed by atoms with Gasteiger partial charge in [0.2, 0.25) is 0 Å². The number of hydrogen-bond donors (Lipinski definition) is 2. The highest BCUT2D eigenvalue weighted by Crippen LogP contribution is 2.36. The fourth-order valence-corrected chi connectivity index (χ4v) is 3.92. The van der Waals surface area contributed by atoms with Gasteiger partial charge in [0.1, 0.15) is 0 Å². The molecular formula is C16H31N5. The maximum absolute atomic E-state index is 5.97. The Hall–Kier alpha value is -0.910. The Labute approximate surface area is 128 Å². The zero-order chi connectivity index (χ0) is 15.5. The summed E-state index contributed by atoms with van der Waals surface area (Å²) in [6.45, 7) is 5.11. The molecule has 3 N–H and O–H groups in total. The molecular weight excluding hydrogens is 262 g/mol. The Morgan fingerprint density at radius 1 is 1.38 bits per heavy atom. The van der Waals surface area contributed by atoms with Gasteiger partial charge in [-0.05, 0) is 46.9 Å². The lowest BCUT2D eigenvalue weighted by molar-refractivity contribution is 0.0561. The first-order chi connectivity index (χ1) is 10.0. The molecule has 5 nitrogen and oxygen atoms in total. The highest BCUT2D eigenvalue weighted by molar-refractivity contribution is 5.13. The molecule has 0 bridgehead atoms. The van der Waals surface area contributed by atoms with E-state index in [1.54, 1.807) is 0 Å². The monoisotopic (exact) mass is 293 g/mol. The minimum atomic E-state index is 0.156. The second-order valence-electron chi connectivity index (χ2n) is 6.57. The average molecular weight is 293 g/mol. The van der Waals surface area contributed by atoms with Crippen molar-refractivity contribution in [1.82, 2.24) is 20.1 Å². The summed E-state index contributed by atoms with van der Waals surface area (Å²) in [4.78, 5) is 2.39. The Bertz CT molecular complexity index is 446. The van der Waals surface area contributed by atoms with Crippen molar-refractivity contribution in [3.8, 4) is 0 Å². The fraction of sp³-hybridized carbons (Fsp3) is 0.812. The van der Waals surface area contributed by atoms with Crippen LogP contribution in [0.3, 0.4) is 0 Å². The summed E-state index contributed by atoms with van der Waals surface area (Å²) in [6, 6.07) is 2.45. The van der Waals surface area contributed by atoms with Crippen molar-refractivity contribution in [1.29, 1.82) is 0 Å². The van der Waals surface area contributed by atoms with E-state index in [0.717, 1.165) is 18.7 Å². The second-order valence-corrected chi connectivity index (χ2v) is 6.57. The lowest BCUT2D eigenvalue weighted by atomic mass is 9.74. The molecule has 0 amide bonds. The Balaban J connectivity index is 2.24. The summed E-state index contributed by atoms with van der Waals surface area (Å²) in [5, 5.41) is 4.56. The minimum absolute atomic E-state index is 0.156. The van der Waals surface area contributed by atoms with Crippen LogP contribution in [0.25, 0.3) is 0 Å². The van der Waals surface area contributed by atoms with E-state index in [0.29, 0.717) is 0 Å². The summed E-state index contributed by atoms with van der Waals surface area (Å²) in [6.07, 6.45) is 7.30. The second kappa shape index (κ2) is 6.90. The molecule has 0 aromatic carbocycles. The number of nitrogens with one attached hydrogen (secondary N) is 1. The normalized spacial score (nSPS) is 19.9. The van der Waals surface area contributed by atoms with E-state index in [1.807, 2.05) is 0 Å². The van der Waals surface area contributed by atoms with E-state index in [2.05, 4.69) is 54.1 Å². The van der Waals surface area contributed by atoms with Gasteiger partial charge in [0.05, 0.1) is 5.69 Å². The van der Waals surface area contributed by atoms with Gasteiger partial charge in [-0.3, -0.25) is 16.0 Å². The molecule has 1 aromatic heterocycles. The highest BCUT2D eigenvalue weighted by atomic mass is 15.3. The lowest BCUT2D eigenvalue weighted by Gasteiger charge is -2.48. The fourth-order valence-electron chi connectivity index (χ4n) is 3.92. The molecule has 1 unspecified atom stereocenters. The highest BCUT2D eigenvalue weighted by Gasteiger charge is 2.41. The van der Waals surface area contributed by atoms with E-state index in [9.17, 15) is 0 Å². The van der Waals surface area contributed by atoms with Gasteiger partial charge in [0, 0.05) is 30.2 Å². The standard InChI is InChI=1S/C16H31N5/c1-5-21-14(11-13(2)19-21)12-15(18-17)16(20(3)4)9-7-6-8-10-16/h11,15,18H,5-10,12,17H2,1-4H3. The van der Waals surface area contributed by atoms with Crippen LogP contribution in [0, 0.1) is 6.92 Å². The average Bonchev–Trinajstić information content (AvgIpc) is 2.85. The lowest BCUT2D eigenvalue weighted by Crippen LogP contribution is -2.62. The number of aromatic nitrogens is 2. The number of nitrogens with zero attached hydrogens (tertiary/aromatic N) is 3. The molecule has 0 aliphatic heterocycles. The Morgan fingerprint density at radius 2 is 2.05 bits per heavy atom. The molecule has 0 radical (unpaired) electrons. The number of hydrazine groups is 1. The smallest absolute Gasteiger partial charge is 0.0596 e. The molecule has 1 atom stereocenters. The molecule has 2 rings (SSSR count). The maximum Gasteiger partial charge on any atom is 0.0596 e. The molecule has 1 aromatic rings. The van der Waals surface area contributed by atoms with Gasteiger partial charge in [0.25, 0.3) is 0 Å². The van der Waals surface area contributed by atoms with E-state index >= 15 is 0 Å². The van der Waals surface area contributed by atoms with Crippen molar-refractivity contribution < 1.29 is 0 Å². The quantitative estimate of drug-likeness (QED) is 0.621. The summed E-state index contributed by atoms with van der Waals surface area (Å²) < 4.78 is 2.10. The Morgan fingerprint density at radius 3 is 2.57 bits per heavy atom. The third-order valence-corrected chi connectivity index (χ3v) is 5.16. The molecule has 1 aliphatic carbocycles. The SMILES string of the molecule is CCn1nc(C)cc1CC(NN)C1(N(C)C)CCCCC1. The van der Waals surface area contributed by atoms with E-state index < -0.39 is 0 Å². The topological polar surface area (TPSA) is 59.1 Å². The van der Waals surface area contributed by atoms with Gasteiger partial charge in [-0.2, -0.15) is 5.10 Å². The van der Waals surface area contributed by atoms with Crippen LogP contribution in [0.1, 0.15) is 50.4 Å². The Kier molecular flexibility index (Phi) is 5.41. The van der Waals surface area contributed by atoms with Gasteiger partial charge < -0.3 is 4.90 Å². The first-order valence-corrected chi connectivity index (χ1v) is 8.20. The summed E-state index contributed by atoms with van der Waals surface area (Å²) >= 11 is 0. The van der Waals surface area contributed by atoms with Gasteiger partial charge >= 0.3 is 0 Å². The minimum Gasteiger partial charge on any atom is -0.302 e. The van der Waals surface area contributed by atoms with Crippen LogP contribution >= 0.6 is 0 Å². The molecule has 1 heterocycles. The molecule has 21 heavy (non-hydrogen) atoms. The van der Waals surface area contributed by atoms with Gasteiger partial charge in [-0.1, -0.05) is 19.3 Å². The zero-order valence-corrected chi connectivity index (χ0v) is 14.0. The van der Waals surface area contributed by atoms with Crippen LogP contribution in [0.15, 0.2) is 6.07 Å². The van der Waals surface area contributed by atoms with Crippen LogP contribution in [0.2, 0.25) is 0 Å². The third-order valence-electron chi connectivity index (χ3n) is 5.16. The van der Waals surface area contributed by atoms with Crippen LogP contribution in [0.4, 0.5) is 0 Å². The number of aryl methyl sites for hydroxylation is 2. The van der Waals surface area contributed by atoms with Crippen LogP contribution in [-0.2, 0) is 13.0 Å². The predicted molar refractivity (Wildman–Crippen MR) is 87.0 cm³/mol. The molecule has 0 spiro atoms. The third kappa shape index (κ3) is 3.30. The predicted octanol–water partition coefficient (Wildman–Crippen LogP) is 1.85. The summed E-state index contributed by atoms with van der Waals surface area (Å²) in [7, 11) is 4.38. The molecule has 1 fully saturated rings. The van der Waals surface area contributed by atoms with Crippen molar-refractivity contribution in [3.63, 3.8) is 0 Å². The van der Waals surface area contributed by atoms with Gasteiger partial charge in [0.15, 0.2) is 0 Å². The molecule has 120 valence electrons. The maximum atomic E-state index is 5.97. The van der Waals surface area contributed by atoms with Crippen molar-refractivity contribution in [2.75, 3.05) is 14.1 Å². The van der Waals surface area contributed by atoms with Gasteiger partial charge in [-0.25, -0.2) is 0 Å². The molecule has 1 saturated carbocycles. The van der Waals surface area contributed by atoms with Gasteiger partial charge in [-0.15, -0.1) is 0 Å². The molecule has 1 aliphatic rings. The van der Waals surface area contributed by atoms with E-state index in [-0.39, 0.29) is 11.6 Å². The van der Waals surface area contributed by atoms with Crippen molar-refractivity contribution in [2.45, 2.75) is 70.5 Å². The largest absolute Gasteiger partial charge is 0.302 e. The number of likely N-dealkylation sites (N-methyl/N-ethyl adjacent to an activating group) is 1. The van der Waals surface area contributed by atoms with Crippen LogP contribution < -0.4 is 11.3 Å². The van der Waals surface area contributed by atoms with Crippen LogP contribution in [0.5, 0.6) is 0 Å². The number of rotatable bonds is 6. The summed E-state index contributed by atoms with van der Waals surface area (Å²) in [5.74, 6) is 5.97. The molecule has 5 heteroatoms. The van der Waals surface area contributed by atoms with Crippen molar-refractivity contribution in [3.05, 3.63) is 17.5 Å². The van der Waals surface area contributed by atoms with Crippen molar-refractivity contribution >= 4 is 0 Å². The van der Waals surface area contributed by atoms with Crippen molar-refractivity contribution in [2.24, 2.45) is 5.84 Å². The summed E-state index contributed by atoms with van der Waals surface area (Å²) in [5.41, 5.74) is 5.65. The molecule has 0 saturated heterocycles. The van der Waals surface area contributed by atoms with E-state index in [4.69, 9.17) is 5.84 Å². The van der Waals surface area contributed by atoms with Crippen LogP contribution in [-0.4, -0.2) is 40.4 Å².